The van der Waals surface area contributed by atoms with E-state index in [-0.39, 0.29) is 6.10 Å². The zero-order valence-electron chi connectivity index (χ0n) is 14.8. The van der Waals surface area contributed by atoms with Crippen molar-refractivity contribution < 1.29 is 4.74 Å². The smallest absolute Gasteiger partial charge is 0.193 e. The third kappa shape index (κ3) is 5.21. The predicted molar refractivity (Wildman–Crippen MR) is 101 cm³/mol. The predicted octanol–water partition coefficient (Wildman–Crippen LogP) is 2.74. The number of likely N-dealkylation sites (tertiary alicyclic amines) is 1. The van der Waals surface area contributed by atoms with Crippen molar-refractivity contribution >= 4 is 5.96 Å². The average molecular weight is 338 g/mol. The zero-order chi connectivity index (χ0) is 17.3. The highest BCUT2D eigenvalue weighted by molar-refractivity contribution is 5.79. The molecule has 1 aliphatic rings. The van der Waals surface area contributed by atoms with Crippen LogP contribution in [-0.2, 0) is 6.42 Å². The van der Waals surface area contributed by atoms with Crippen LogP contribution in [0.5, 0.6) is 5.75 Å². The van der Waals surface area contributed by atoms with Crippen molar-refractivity contribution in [3.8, 4) is 5.75 Å². The van der Waals surface area contributed by atoms with Gasteiger partial charge in [-0.3, -0.25) is 9.98 Å². The quantitative estimate of drug-likeness (QED) is 0.673. The Hall–Kier alpha value is -2.56. The van der Waals surface area contributed by atoms with Gasteiger partial charge in [0.2, 0.25) is 0 Å². The van der Waals surface area contributed by atoms with Gasteiger partial charge in [0, 0.05) is 57.8 Å². The van der Waals surface area contributed by atoms with E-state index in [2.05, 4.69) is 26.3 Å². The number of aromatic nitrogens is 1. The van der Waals surface area contributed by atoms with Crippen molar-refractivity contribution in [1.82, 2.24) is 15.2 Å². The van der Waals surface area contributed by atoms with Gasteiger partial charge >= 0.3 is 0 Å². The molecule has 0 radical (unpaired) electrons. The summed E-state index contributed by atoms with van der Waals surface area (Å²) in [5.74, 6) is 1.92. The molecule has 1 fully saturated rings. The van der Waals surface area contributed by atoms with Crippen LogP contribution in [0.1, 0.15) is 18.5 Å². The number of hydrogen-bond donors (Lipinski definition) is 1. The third-order valence-electron chi connectivity index (χ3n) is 4.39. The van der Waals surface area contributed by atoms with Gasteiger partial charge in [0.1, 0.15) is 11.9 Å². The molecule has 3 rings (SSSR count). The van der Waals surface area contributed by atoms with Gasteiger partial charge in [-0.1, -0.05) is 24.3 Å². The molecule has 0 atom stereocenters. The first-order valence-corrected chi connectivity index (χ1v) is 8.92. The van der Waals surface area contributed by atoms with Gasteiger partial charge in [0.15, 0.2) is 5.96 Å². The summed E-state index contributed by atoms with van der Waals surface area (Å²) in [4.78, 5) is 11.1. The molecule has 0 unspecified atom stereocenters. The number of pyridine rings is 1. The second-order valence-corrected chi connectivity index (χ2v) is 6.16. The number of guanidine groups is 1. The fourth-order valence-electron chi connectivity index (χ4n) is 3.06. The molecule has 5 heteroatoms. The Bertz CT molecular complexity index is 652. The summed E-state index contributed by atoms with van der Waals surface area (Å²) >= 11 is 0. The minimum absolute atomic E-state index is 0.283. The van der Waals surface area contributed by atoms with Crippen molar-refractivity contribution in [2.75, 3.05) is 26.7 Å². The first kappa shape index (κ1) is 17.3. The molecular formula is C20H26N4O. The maximum Gasteiger partial charge on any atom is 0.193 e. The van der Waals surface area contributed by atoms with Crippen molar-refractivity contribution in [1.29, 1.82) is 0 Å². The number of rotatable bonds is 5. The minimum atomic E-state index is 0.283. The van der Waals surface area contributed by atoms with E-state index in [0.717, 1.165) is 56.3 Å². The summed E-state index contributed by atoms with van der Waals surface area (Å²) in [5.41, 5.74) is 1.10. The van der Waals surface area contributed by atoms with Crippen LogP contribution in [0, 0.1) is 0 Å². The summed E-state index contributed by atoms with van der Waals surface area (Å²) in [7, 11) is 1.84. The van der Waals surface area contributed by atoms with Crippen LogP contribution in [0.2, 0.25) is 0 Å². The summed E-state index contributed by atoms with van der Waals surface area (Å²) in [6.45, 7) is 2.76. The van der Waals surface area contributed by atoms with Crippen LogP contribution in [-0.4, -0.2) is 48.6 Å². The van der Waals surface area contributed by atoms with E-state index in [1.807, 2.05) is 55.7 Å². The van der Waals surface area contributed by atoms with Gasteiger partial charge in [-0.15, -0.1) is 0 Å². The molecule has 0 bridgehead atoms. The summed E-state index contributed by atoms with van der Waals surface area (Å²) in [6, 6.07) is 16.1. The van der Waals surface area contributed by atoms with Crippen LogP contribution >= 0.6 is 0 Å². The largest absolute Gasteiger partial charge is 0.490 e. The van der Waals surface area contributed by atoms with E-state index < -0.39 is 0 Å². The van der Waals surface area contributed by atoms with Crippen LogP contribution in [0.25, 0.3) is 0 Å². The normalized spacial score (nSPS) is 15.9. The number of benzene rings is 1. The molecule has 25 heavy (non-hydrogen) atoms. The Labute approximate surface area is 149 Å². The molecule has 1 aromatic carbocycles. The van der Waals surface area contributed by atoms with Gasteiger partial charge in [-0.05, 0) is 24.3 Å². The van der Waals surface area contributed by atoms with E-state index in [0.29, 0.717) is 0 Å². The van der Waals surface area contributed by atoms with E-state index in [9.17, 15) is 0 Å². The monoisotopic (exact) mass is 338 g/mol. The molecule has 5 nitrogen and oxygen atoms in total. The lowest BCUT2D eigenvalue weighted by molar-refractivity contribution is 0.129. The SMILES string of the molecule is CN=C(NCCc1ccccn1)N1CCC(Oc2ccccc2)CC1. The van der Waals surface area contributed by atoms with Crippen molar-refractivity contribution in [2.24, 2.45) is 4.99 Å². The van der Waals surface area contributed by atoms with Crippen LogP contribution < -0.4 is 10.1 Å². The van der Waals surface area contributed by atoms with Crippen molar-refractivity contribution in [2.45, 2.75) is 25.4 Å². The highest BCUT2D eigenvalue weighted by Gasteiger charge is 2.22. The lowest BCUT2D eigenvalue weighted by atomic mass is 10.1. The topological polar surface area (TPSA) is 49.8 Å². The molecular weight excluding hydrogens is 312 g/mol. The molecule has 1 aromatic heterocycles. The maximum atomic E-state index is 6.06. The first-order valence-electron chi connectivity index (χ1n) is 8.92. The van der Waals surface area contributed by atoms with E-state index in [1.165, 1.54) is 0 Å². The summed E-state index contributed by atoms with van der Waals surface area (Å²) in [5, 5.41) is 3.45. The number of ether oxygens (including phenoxy) is 1. The third-order valence-corrected chi connectivity index (χ3v) is 4.39. The molecule has 1 N–H and O–H groups in total. The first-order chi connectivity index (χ1) is 12.3. The molecule has 0 saturated carbocycles. The van der Waals surface area contributed by atoms with Crippen molar-refractivity contribution in [3.05, 3.63) is 60.4 Å². The van der Waals surface area contributed by atoms with E-state index in [1.54, 1.807) is 0 Å². The number of aliphatic imine (C=N–C) groups is 1. The van der Waals surface area contributed by atoms with Crippen molar-refractivity contribution in [3.63, 3.8) is 0 Å². The standard InChI is InChI=1S/C20H26N4O/c1-21-20(23-14-10-17-7-5-6-13-22-17)24-15-11-19(12-16-24)25-18-8-3-2-4-9-18/h2-9,13,19H,10-12,14-16H2,1H3,(H,21,23). The number of hydrogen-bond acceptors (Lipinski definition) is 3. The molecule has 2 aromatic rings. The number of para-hydroxylation sites is 1. The molecule has 0 spiro atoms. The average Bonchev–Trinajstić information content (AvgIpc) is 2.68. The number of piperidine rings is 1. The maximum absolute atomic E-state index is 6.06. The second-order valence-electron chi connectivity index (χ2n) is 6.16. The number of nitrogens with one attached hydrogen (secondary N) is 1. The summed E-state index contributed by atoms with van der Waals surface area (Å²) < 4.78 is 6.06. The highest BCUT2D eigenvalue weighted by Crippen LogP contribution is 2.18. The van der Waals surface area contributed by atoms with Gasteiger partial charge in [0.05, 0.1) is 0 Å². The fourth-order valence-corrected chi connectivity index (χ4v) is 3.06. The highest BCUT2D eigenvalue weighted by atomic mass is 16.5. The van der Waals surface area contributed by atoms with E-state index >= 15 is 0 Å². The Morgan fingerprint density at radius 2 is 1.92 bits per heavy atom. The molecule has 132 valence electrons. The molecule has 0 aliphatic carbocycles. The number of nitrogens with zero attached hydrogens (tertiary/aromatic N) is 3. The van der Waals surface area contributed by atoms with Gasteiger partial charge in [-0.2, -0.15) is 0 Å². The minimum Gasteiger partial charge on any atom is -0.490 e. The van der Waals surface area contributed by atoms with Gasteiger partial charge in [-0.25, -0.2) is 0 Å². The Morgan fingerprint density at radius 1 is 1.16 bits per heavy atom. The molecule has 1 saturated heterocycles. The van der Waals surface area contributed by atoms with Crippen LogP contribution in [0.15, 0.2) is 59.7 Å². The molecule has 1 aliphatic heterocycles. The van der Waals surface area contributed by atoms with E-state index in [4.69, 9.17) is 4.74 Å². The Balaban J connectivity index is 1.42. The van der Waals surface area contributed by atoms with Gasteiger partial charge < -0.3 is 15.0 Å². The van der Waals surface area contributed by atoms with Gasteiger partial charge in [0.25, 0.3) is 0 Å². The lowest BCUT2D eigenvalue weighted by Crippen LogP contribution is -2.47. The zero-order valence-corrected chi connectivity index (χ0v) is 14.8. The Morgan fingerprint density at radius 3 is 2.60 bits per heavy atom. The lowest BCUT2D eigenvalue weighted by Gasteiger charge is -2.34. The fraction of sp³-hybridized carbons (Fsp3) is 0.400. The molecule has 2 heterocycles. The molecule has 0 amide bonds. The van der Waals surface area contributed by atoms with Crippen LogP contribution in [0.3, 0.4) is 0 Å². The second kappa shape index (κ2) is 9.06. The van der Waals surface area contributed by atoms with Crippen LogP contribution in [0.4, 0.5) is 0 Å². The summed E-state index contributed by atoms with van der Waals surface area (Å²) in [6.07, 6.45) is 5.03. The Kier molecular flexibility index (Phi) is 6.26.